The molecule has 0 N–H and O–H groups in total. The molecule has 0 radical (unpaired) electrons. The smallest absolute Gasteiger partial charge is 0.255 e. The van der Waals surface area contributed by atoms with Crippen LogP contribution in [-0.4, -0.2) is 66.5 Å². The first kappa shape index (κ1) is 17.4. The van der Waals surface area contributed by atoms with Gasteiger partial charge in [0.2, 0.25) is 5.91 Å². The Morgan fingerprint density at radius 3 is 2.92 bits per heavy atom. The Hall–Kier alpha value is -2.46. The highest BCUT2D eigenvalue weighted by Crippen LogP contribution is 2.40. The number of methoxy groups -OCH3 is 1. The van der Waals surface area contributed by atoms with Gasteiger partial charge in [0.25, 0.3) is 5.91 Å². The third kappa shape index (κ3) is 3.35. The topological polar surface area (TPSA) is 86.5 Å². The number of nitriles is 1. The largest absolute Gasteiger partial charge is 0.383 e. The van der Waals surface area contributed by atoms with Crippen molar-refractivity contribution < 1.29 is 14.3 Å². The van der Waals surface area contributed by atoms with E-state index in [-0.39, 0.29) is 17.5 Å². The Labute approximate surface area is 147 Å². The number of piperidine rings is 1. The van der Waals surface area contributed by atoms with E-state index in [9.17, 15) is 9.59 Å². The predicted octanol–water partition coefficient (Wildman–Crippen LogP) is 1.05. The molecule has 1 aromatic rings. The number of pyridine rings is 1. The number of carbonyl (C=O) groups is 2. The third-order valence-corrected chi connectivity index (χ3v) is 5.16. The summed E-state index contributed by atoms with van der Waals surface area (Å²) in [5.74, 6) is 0.0136. The van der Waals surface area contributed by atoms with E-state index in [0.29, 0.717) is 38.2 Å². The van der Waals surface area contributed by atoms with Gasteiger partial charge >= 0.3 is 0 Å². The van der Waals surface area contributed by atoms with Gasteiger partial charge in [-0.05, 0) is 31.4 Å². The molecule has 7 nitrogen and oxygen atoms in total. The molecular formula is C18H22N4O3. The minimum Gasteiger partial charge on any atom is -0.383 e. The third-order valence-electron chi connectivity index (χ3n) is 5.16. The quantitative estimate of drug-likeness (QED) is 0.816. The van der Waals surface area contributed by atoms with Crippen LogP contribution in [0.4, 0.5) is 0 Å². The van der Waals surface area contributed by atoms with Crippen LogP contribution in [0.3, 0.4) is 0 Å². The summed E-state index contributed by atoms with van der Waals surface area (Å²) in [6.07, 6.45) is 3.91. The van der Waals surface area contributed by atoms with Gasteiger partial charge in [0, 0.05) is 39.5 Å². The molecule has 0 bridgehead atoms. The normalized spacial score (nSPS) is 23.1. The molecule has 25 heavy (non-hydrogen) atoms. The molecule has 1 unspecified atom stereocenters. The van der Waals surface area contributed by atoms with Gasteiger partial charge in [-0.2, -0.15) is 5.26 Å². The van der Waals surface area contributed by atoms with Crippen molar-refractivity contribution in [2.24, 2.45) is 5.41 Å². The average molecular weight is 342 g/mol. The Morgan fingerprint density at radius 2 is 2.24 bits per heavy atom. The van der Waals surface area contributed by atoms with E-state index in [2.05, 4.69) is 4.98 Å². The van der Waals surface area contributed by atoms with Crippen LogP contribution in [0.25, 0.3) is 0 Å². The van der Waals surface area contributed by atoms with Crippen LogP contribution in [0.2, 0.25) is 0 Å². The molecule has 2 aliphatic rings. The summed E-state index contributed by atoms with van der Waals surface area (Å²) in [5.41, 5.74) is 0.281. The van der Waals surface area contributed by atoms with Crippen LogP contribution in [0.5, 0.6) is 0 Å². The molecule has 0 aromatic carbocycles. The highest BCUT2D eigenvalue weighted by atomic mass is 16.5. The first-order chi connectivity index (χ1) is 12.1. The van der Waals surface area contributed by atoms with E-state index >= 15 is 0 Å². The van der Waals surface area contributed by atoms with Gasteiger partial charge in [-0.25, -0.2) is 4.98 Å². The number of amides is 2. The molecule has 132 valence electrons. The molecule has 0 saturated carbocycles. The van der Waals surface area contributed by atoms with Crippen molar-refractivity contribution in [3.8, 4) is 6.07 Å². The van der Waals surface area contributed by atoms with Crippen LogP contribution in [-0.2, 0) is 9.53 Å². The summed E-state index contributed by atoms with van der Waals surface area (Å²) in [6.45, 7) is 2.92. The van der Waals surface area contributed by atoms with Crippen LogP contribution < -0.4 is 0 Å². The molecule has 2 amide bonds. The summed E-state index contributed by atoms with van der Waals surface area (Å²) in [6, 6.07) is 5.10. The Morgan fingerprint density at radius 1 is 1.40 bits per heavy atom. The van der Waals surface area contributed by atoms with Gasteiger partial charge < -0.3 is 14.5 Å². The van der Waals surface area contributed by atoms with Gasteiger partial charge in [0.05, 0.1) is 17.6 Å². The zero-order chi connectivity index (χ0) is 17.9. The second-order valence-electron chi connectivity index (χ2n) is 6.69. The lowest BCUT2D eigenvalue weighted by molar-refractivity contribution is -0.146. The highest BCUT2D eigenvalue weighted by Gasteiger charge is 2.49. The van der Waals surface area contributed by atoms with Crippen molar-refractivity contribution in [2.45, 2.75) is 19.3 Å². The Bertz CT molecular complexity index is 697. The summed E-state index contributed by atoms with van der Waals surface area (Å²) >= 11 is 0. The summed E-state index contributed by atoms with van der Waals surface area (Å²) in [7, 11) is 1.63. The van der Waals surface area contributed by atoms with Crippen molar-refractivity contribution in [3.63, 3.8) is 0 Å². The average Bonchev–Trinajstić information content (AvgIpc) is 3.07. The highest BCUT2D eigenvalue weighted by molar-refractivity contribution is 5.95. The van der Waals surface area contributed by atoms with Crippen molar-refractivity contribution >= 4 is 11.8 Å². The summed E-state index contributed by atoms with van der Waals surface area (Å²) in [5, 5.41) is 8.80. The minimum absolute atomic E-state index is 0.129. The van der Waals surface area contributed by atoms with Crippen molar-refractivity contribution in [2.75, 3.05) is 39.9 Å². The van der Waals surface area contributed by atoms with Gasteiger partial charge in [-0.3, -0.25) is 9.59 Å². The van der Waals surface area contributed by atoms with E-state index in [0.717, 1.165) is 19.4 Å². The van der Waals surface area contributed by atoms with Crippen LogP contribution >= 0.6 is 0 Å². The Kier molecular flexibility index (Phi) is 5.00. The van der Waals surface area contributed by atoms with Gasteiger partial charge in [-0.1, -0.05) is 0 Å². The number of likely N-dealkylation sites (tertiary alicyclic amines) is 2. The van der Waals surface area contributed by atoms with E-state index in [1.165, 1.54) is 12.3 Å². The fourth-order valence-corrected chi connectivity index (χ4v) is 3.76. The SMILES string of the molecule is COCCN1CCCC2(CCN(C(=O)c3ccc(C#N)nc3)C2)C1=O. The maximum absolute atomic E-state index is 12.9. The van der Waals surface area contributed by atoms with E-state index in [4.69, 9.17) is 10.00 Å². The zero-order valence-electron chi connectivity index (χ0n) is 14.4. The first-order valence-electron chi connectivity index (χ1n) is 8.53. The molecule has 2 fully saturated rings. The molecule has 1 spiro atoms. The monoisotopic (exact) mass is 342 g/mol. The van der Waals surface area contributed by atoms with Crippen LogP contribution in [0.1, 0.15) is 35.3 Å². The summed E-state index contributed by atoms with van der Waals surface area (Å²) in [4.78, 5) is 33.2. The van der Waals surface area contributed by atoms with Crippen molar-refractivity contribution in [1.82, 2.24) is 14.8 Å². The second-order valence-corrected chi connectivity index (χ2v) is 6.69. The maximum Gasteiger partial charge on any atom is 0.255 e. The predicted molar refractivity (Wildman–Crippen MR) is 89.6 cm³/mol. The number of hydrogen-bond donors (Lipinski definition) is 0. The lowest BCUT2D eigenvalue weighted by Gasteiger charge is -2.39. The van der Waals surface area contributed by atoms with Crippen LogP contribution in [0.15, 0.2) is 18.3 Å². The molecule has 0 aliphatic carbocycles. The molecule has 1 aromatic heterocycles. The van der Waals surface area contributed by atoms with Gasteiger partial charge in [-0.15, -0.1) is 0 Å². The number of hydrogen-bond acceptors (Lipinski definition) is 5. The lowest BCUT2D eigenvalue weighted by Crippen LogP contribution is -2.51. The number of nitrogens with zero attached hydrogens (tertiary/aromatic N) is 4. The molecule has 7 heteroatoms. The fraction of sp³-hybridized carbons (Fsp3) is 0.556. The molecule has 1 atom stereocenters. The van der Waals surface area contributed by atoms with Gasteiger partial charge in [0.15, 0.2) is 0 Å². The van der Waals surface area contributed by atoms with E-state index < -0.39 is 5.41 Å². The fourth-order valence-electron chi connectivity index (χ4n) is 3.76. The Balaban J connectivity index is 1.70. The number of carbonyl (C=O) groups excluding carboxylic acids is 2. The van der Waals surface area contributed by atoms with Crippen molar-refractivity contribution in [3.05, 3.63) is 29.6 Å². The van der Waals surface area contributed by atoms with Gasteiger partial charge in [0.1, 0.15) is 11.8 Å². The number of ether oxygens (including phenoxy) is 1. The second kappa shape index (κ2) is 7.19. The molecule has 2 aliphatic heterocycles. The van der Waals surface area contributed by atoms with Crippen LogP contribution in [0, 0.1) is 16.7 Å². The molecule has 2 saturated heterocycles. The maximum atomic E-state index is 12.9. The molecule has 3 rings (SSSR count). The number of rotatable bonds is 4. The standard InChI is InChI=1S/C18H22N4O3/c1-25-10-9-21-7-2-5-18(17(21)24)6-8-22(13-18)16(23)14-3-4-15(11-19)20-12-14/h3-4,12H,2,5-10,13H2,1H3. The lowest BCUT2D eigenvalue weighted by atomic mass is 9.78. The minimum atomic E-state index is -0.457. The van der Waals surface area contributed by atoms with E-state index in [1.54, 1.807) is 18.1 Å². The summed E-state index contributed by atoms with van der Waals surface area (Å²) < 4.78 is 5.09. The van der Waals surface area contributed by atoms with Crippen molar-refractivity contribution in [1.29, 1.82) is 5.26 Å². The van der Waals surface area contributed by atoms with E-state index in [1.807, 2.05) is 11.0 Å². The molecule has 3 heterocycles. The number of aromatic nitrogens is 1. The first-order valence-corrected chi connectivity index (χ1v) is 8.53. The zero-order valence-corrected chi connectivity index (χ0v) is 14.4. The molecular weight excluding hydrogens is 320 g/mol.